The third-order valence-electron chi connectivity index (χ3n) is 3.23. The standard InChI is InChI=1S/C14H16N2OS/c1-10-4-3-5-11(8-10)14(13(15)17)9-16-7-6-12(14)18-2/h3-8H,9H2,1-2H3,(H2,15,17). The summed E-state index contributed by atoms with van der Waals surface area (Å²) in [4.78, 5) is 17.2. The number of carbonyl (C=O) groups is 1. The van der Waals surface area contributed by atoms with E-state index in [0.29, 0.717) is 6.54 Å². The van der Waals surface area contributed by atoms with Crippen molar-refractivity contribution in [3.8, 4) is 0 Å². The minimum Gasteiger partial charge on any atom is -0.369 e. The molecule has 1 aliphatic heterocycles. The molecule has 4 heteroatoms. The molecule has 1 amide bonds. The lowest BCUT2D eigenvalue weighted by atomic mass is 9.77. The summed E-state index contributed by atoms with van der Waals surface area (Å²) in [6.45, 7) is 2.39. The Kier molecular flexibility index (Phi) is 3.57. The molecule has 0 bridgehead atoms. The number of allylic oxidation sites excluding steroid dienone is 1. The zero-order valence-electron chi connectivity index (χ0n) is 10.5. The topological polar surface area (TPSA) is 55.4 Å². The Morgan fingerprint density at radius 3 is 2.89 bits per heavy atom. The maximum Gasteiger partial charge on any atom is 0.235 e. The normalized spacial score (nSPS) is 22.7. The highest BCUT2D eigenvalue weighted by molar-refractivity contribution is 8.02. The van der Waals surface area contributed by atoms with Crippen molar-refractivity contribution in [3.63, 3.8) is 0 Å². The molecule has 94 valence electrons. The predicted octanol–water partition coefficient (Wildman–Crippen LogP) is 2.05. The summed E-state index contributed by atoms with van der Waals surface area (Å²) < 4.78 is 0. The van der Waals surface area contributed by atoms with Gasteiger partial charge in [0.1, 0.15) is 5.41 Å². The van der Waals surface area contributed by atoms with E-state index in [1.165, 1.54) is 0 Å². The number of nitrogens with two attached hydrogens (primary N) is 1. The number of nitrogens with zero attached hydrogens (tertiary/aromatic N) is 1. The van der Waals surface area contributed by atoms with Gasteiger partial charge in [-0.25, -0.2) is 0 Å². The molecule has 1 aromatic rings. The molecule has 0 aromatic heterocycles. The van der Waals surface area contributed by atoms with E-state index in [-0.39, 0.29) is 5.91 Å². The molecule has 0 fully saturated rings. The van der Waals surface area contributed by atoms with Crippen LogP contribution in [-0.2, 0) is 10.2 Å². The lowest BCUT2D eigenvalue weighted by molar-refractivity contribution is -0.121. The van der Waals surface area contributed by atoms with E-state index in [4.69, 9.17) is 5.73 Å². The van der Waals surface area contributed by atoms with Crippen LogP contribution < -0.4 is 5.73 Å². The molecule has 1 unspecified atom stereocenters. The second-order valence-electron chi connectivity index (χ2n) is 4.36. The number of rotatable bonds is 3. The van der Waals surface area contributed by atoms with Crippen molar-refractivity contribution < 1.29 is 4.79 Å². The van der Waals surface area contributed by atoms with Crippen molar-refractivity contribution >= 4 is 23.9 Å². The Morgan fingerprint density at radius 2 is 2.28 bits per heavy atom. The second-order valence-corrected chi connectivity index (χ2v) is 5.21. The van der Waals surface area contributed by atoms with Crippen LogP contribution in [-0.4, -0.2) is 24.9 Å². The number of amides is 1. The summed E-state index contributed by atoms with van der Waals surface area (Å²) in [6.07, 6.45) is 5.57. The van der Waals surface area contributed by atoms with E-state index in [1.54, 1.807) is 18.0 Å². The van der Waals surface area contributed by atoms with Crippen LogP contribution in [0.25, 0.3) is 0 Å². The third-order valence-corrected chi connectivity index (χ3v) is 4.16. The molecule has 0 saturated heterocycles. The summed E-state index contributed by atoms with van der Waals surface area (Å²) in [5, 5.41) is 0. The number of primary amides is 1. The summed E-state index contributed by atoms with van der Waals surface area (Å²) in [7, 11) is 0. The Hall–Kier alpha value is -1.55. The van der Waals surface area contributed by atoms with Crippen molar-refractivity contribution in [2.45, 2.75) is 12.3 Å². The zero-order chi connectivity index (χ0) is 13.2. The highest BCUT2D eigenvalue weighted by Gasteiger charge is 2.43. The van der Waals surface area contributed by atoms with Gasteiger partial charge in [-0.3, -0.25) is 9.79 Å². The van der Waals surface area contributed by atoms with Gasteiger partial charge in [0.2, 0.25) is 5.91 Å². The van der Waals surface area contributed by atoms with E-state index in [1.807, 2.05) is 43.5 Å². The van der Waals surface area contributed by atoms with Crippen LogP contribution in [0.4, 0.5) is 0 Å². The highest BCUT2D eigenvalue weighted by atomic mass is 32.2. The quantitative estimate of drug-likeness (QED) is 0.904. The van der Waals surface area contributed by atoms with Crippen LogP contribution in [0.1, 0.15) is 11.1 Å². The first kappa shape index (κ1) is 12.9. The minimum absolute atomic E-state index is 0.342. The lowest BCUT2D eigenvalue weighted by Crippen LogP contribution is -2.46. The molecule has 1 aliphatic rings. The predicted molar refractivity (Wildman–Crippen MR) is 77.0 cm³/mol. The molecular formula is C14H16N2OS. The van der Waals surface area contributed by atoms with Gasteiger partial charge in [0.05, 0.1) is 6.54 Å². The van der Waals surface area contributed by atoms with Gasteiger partial charge in [-0.2, -0.15) is 0 Å². The molecule has 0 aliphatic carbocycles. The fourth-order valence-corrected chi connectivity index (χ4v) is 3.09. The number of hydrogen-bond acceptors (Lipinski definition) is 3. The molecule has 0 saturated carbocycles. The molecule has 3 nitrogen and oxygen atoms in total. The van der Waals surface area contributed by atoms with Crippen molar-refractivity contribution in [2.24, 2.45) is 10.7 Å². The minimum atomic E-state index is -0.805. The SMILES string of the molecule is CSC1=CC=NCC1(C(N)=O)c1cccc(C)c1. The average Bonchev–Trinajstić information content (AvgIpc) is 2.38. The second kappa shape index (κ2) is 4.98. The smallest absolute Gasteiger partial charge is 0.235 e. The van der Waals surface area contributed by atoms with Crippen molar-refractivity contribution in [1.82, 2.24) is 0 Å². The van der Waals surface area contributed by atoms with Gasteiger partial charge in [-0.05, 0) is 24.8 Å². The van der Waals surface area contributed by atoms with E-state index >= 15 is 0 Å². The highest BCUT2D eigenvalue weighted by Crippen LogP contribution is 2.39. The molecule has 0 radical (unpaired) electrons. The Balaban J connectivity index is 2.62. The van der Waals surface area contributed by atoms with E-state index < -0.39 is 5.41 Å². The number of hydrogen-bond donors (Lipinski definition) is 1. The van der Waals surface area contributed by atoms with Gasteiger partial charge in [0.15, 0.2) is 0 Å². The van der Waals surface area contributed by atoms with Crippen LogP contribution in [0.3, 0.4) is 0 Å². The lowest BCUT2D eigenvalue weighted by Gasteiger charge is -2.33. The van der Waals surface area contributed by atoms with Crippen LogP contribution in [0.2, 0.25) is 0 Å². The summed E-state index contributed by atoms with van der Waals surface area (Å²) >= 11 is 1.55. The van der Waals surface area contributed by atoms with Gasteiger partial charge < -0.3 is 5.73 Å². The molecule has 2 N–H and O–H groups in total. The number of aliphatic imine (C=N–C) groups is 1. The number of benzene rings is 1. The van der Waals surface area contributed by atoms with Gasteiger partial charge in [-0.1, -0.05) is 29.8 Å². The van der Waals surface area contributed by atoms with Crippen LogP contribution >= 0.6 is 11.8 Å². The Labute approximate surface area is 111 Å². The van der Waals surface area contributed by atoms with Crippen LogP contribution in [0.5, 0.6) is 0 Å². The first-order valence-electron chi connectivity index (χ1n) is 5.73. The maximum absolute atomic E-state index is 12.1. The average molecular weight is 260 g/mol. The number of carbonyl (C=O) groups excluding carboxylic acids is 1. The van der Waals surface area contributed by atoms with Crippen molar-refractivity contribution in [1.29, 1.82) is 0 Å². The zero-order valence-corrected chi connectivity index (χ0v) is 11.3. The summed E-state index contributed by atoms with van der Waals surface area (Å²) in [6, 6.07) is 7.91. The van der Waals surface area contributed by atoms with Gasteiger partial charge in [0, 0.05) is 11.1 Å². The van der Waals surface area contributed by atoms with Crippen molar-refractivity contribution in [3.05, 3.63) is 46.4 Å². The van der Waals surface area contributed by atoms with E-state index in [0.717, 1.165) is 16.0 Å². The summed E-state index contributed by atoms with van der Waals surface area (Å²) in [5.74, 6) is -0.342. The Bertz CT molecular complexity index is 536. The fraction of sp³-hybridized carbons (Fsp3) is 0.286. The number of thioether (sulfide) groups is 1. The van der Waals surface area contributed by atoms with E-state index in [9.17, 15) is 4.79 Å². The molecular weight excluding hydrogens is 244 g/mol. The van der Waals surface area contributed by atoms with Gasteiger partial charge in [0.25, 0.3) is 0 Å². The fourth-order valence-electron chi connectivity index (χ4n) is 2.26. The van der Waals surface area contributed by atoms with Crippen molar-refractivity contribution in [2.75, 3.05) is 12.8 Å². The summed E-state index contributed by atoms with van der Waals surface area (Å²) in [5.41, 5.74) is 6.92. The van der Waals surface area contributed by atoms with Crippen LogP contribution in [0.15, 0.2) is 40.2 Å². The molecule has 2 rings (SSSR count). The van der Waals surface area contributed by atoms with Crippen LogP contribution in [0, 0.1) is 6.92 Å². The largest absolute Gasteiger partial charge is 0.369 e. The molecule has 1 heterocycles. The molecule has 18 heavy (non-hydrogen) atoms. The number of aryl methyl sites for hydroxylation is 1. The molecule has 1 atom stereocenters. The van der Waals surface area contributed by atoms with Gasteiger partial charge in [-0.15, -0.1) is 11.8 Å². The third kappa shape index (κ3) is 1.97. The maximum atomic E-state index is 12.1. The first-order valence-corrected chi connectivity index (χ1v) is 6.95. The molecule has 0 spiro atoms. The van der Waals surface area contributed by atoms with Gasteiger partial charge >= 0.3 is 0 Å². The molecule has 1 aromatic carbocycles. The van der Waals surface area contributed by atoms with E-state index in [2.05, 4.69) is 4.99 Å². The number of dihydropyridines is 1. The Morgan fingerprint density at radius 1 is 1.50 bits per heavy atom. The monoisotopic (exact) mass is 260 g/mol. The first-order chi connectivity index (χ1) is 8.61.